The highest BCUT2D eigenvalue weighted by Crippen LogP contribution is 2.31. The molecule has 0 aliphatic rings. The van der Waals surface area contributed by atoms with Crippen molar-refractivity contribution in [1.29, 1.82) is 0 Å². The topological polar surface area (TPSA) is 78.0 Å². The van der Waals surface area contributed by atoms with Crippen molar-refractivity contribution in [1.82, 2.24) is 9.78 Å². The lowest BCUT2D eigenvalue weighted by molar-refractivity contribution is 0.598. The summed E-state index contributed by atoms with van der Waals surface area (Å²) in [5.74, 6) is 0. The van der Waals surface area contributed by atoms with Crippen LogP contribution in [0.4, 0.5) is 0 Å². The van der Waals surface area contributed by atoms with Crippen molar-refractivity contribution in [2.75, 3.05) is 6.26 Å². The van der Waals surface area contributed by atoms with E-state index in [4.69, 9.17) is 33.4 Å². The number of benzene rings is 2. The van der Waals surface area contributed by atoms with Gasteiger partial charge in [0.05, 0.1) is 22.0 Å². The quantitative estimate of drug-likeness (QED) is 0.501. The third-order valence-corrected chi connectivity index (χ3v) is 6.16. The molecule has 29 heavy (non-hydrogen) atoms. The fourth-order valence-electron chi connectivity index (χ4n) is 2.68. The molecule has 0 radical (unpaired) electrons. The molecule has 0 amide bonds. The molecule has 2 N–H and O–H groups in total. The molecule has 0 fully saturated rings. The number of allylic oxidation sites excluding steroid dienone is 2. The number of hydrogen-bond donors (Lipinski definition) is 1. The van der Waals surface area contributed by atoms with E-state index in [-0.39, 0.29) is 4.90 Å². The molecule has 3 aromatic rings. The Kier molecular flexibility index (Phi) is 6.87. The van der Waals surface area contributed by atoms with Gasteiger partial charge in [-0.3, -0.25) is 0 Å². The number of hydrogen-bond acceptors (Lipinski definition) is 4. The maximum absolute atomic E-state index is 11.5. The number of aromatic nitrogens is 2. The third-order valence-electron chi connectivity index (χ3n) is 4.05. The van der Waals surface area contributed by atoms with Crippen molar-refractivity contribution < 1.29 is 8.42 Å². The van der Waals surface area contributed by atoms with E-state index in [9.17, 15) is 8.42 Å². The summed E-state index contributed by atoms with van der Waals surface area (Å²) < 4.78 is 24.8. The standard InChI is InChI=1S/C20H17Cl2N3O2S2/c1-28-20(3-2-12-21)18-13-19(14-4-6-15(22)7-5-14)25(24-18)16-8-10-17(11-9-16)29(23,26)27/h2-13H,1H3,(H2,23,26,27)/b12-2+,20-3-. The minimum absolute atomic E-state index is 0.0404. The zero-order valence-electron chi connectivity index (χ0n) is 15.3. The zero-order chi connectivity index (χ0) is 21.0. The number of nitrogens with two attached hydrogens (primary N) is 1. The highest BCUT2D eigenvalue weighted by atomic mass is 35.5. The molecule has 0 atom stereocenters. The van der Waals surface area contributed by atoms with Crippen LogP contribution in [0.1, 0.15) is 5.69 Å². The van der Waals surface area contributed by atoms with Crippen LogP contribution in [-0.4, -0.2) is 24.5 Å². The molecule has 3 rings (SSSR count). The predicted octanol–water partition coefficient (Wildman–Crippen LogP) is 5.30. The van der Waals surface area contributed by atoms with E-state index in [1.54, 1.807) is 46.8 Å². The van der Waals surface area contributed by atoms with Gasteiger partial charge in [-0.25, -0.2) is 18.2 Å². The molecule has 150 valence electrons. The summed E-state index contributed by atoms with van der Waals surface area (Å²) >= 11 is 13.2. The van der Waals surface area contributed by atoms with Gasteiger partial charge in [-0.15, -0.1) is 11.8 Å². The highest BCUT2D eigenvalue weighted by Gasteiger charge is 2.15. The monoisotopic (exact) mass is 465 g/mol. The number of primary sulfonamides is 1. The number of halogens is 2. The van der Waals surface area contributed by atoms with Crippen LogP contribution in [-0.2, 0) is 10.0 Å². The van der Waals surface area contributed by atoms with Gasteiger partial charge in [0.2, 0.25) is 10.0 Å². The summed E-state index contributed by atoms with van der Waals surface area (Å²) in [6.45, 7) is 0. The van der Waals surface area contributed by atoms with Crippen molar-refractivity contribution in [3.8, 4) is 16.9 Å². The second-order valence-corrected chi connectivity index (χ2v) is 9.02. The van der Waals surface area contributed by atoms with E-state index >= 15 is 0 Å². The van der Waals surface area contributed by atoms with Gasteiger partial charge < -0.3 is 0 Å². The second kappa shape index (κ2) is 9.19. The number of nitrogens with zero attached hydrogens (tertiary/aromatic N) is 2. The molecule has 1 aromatic heterocycles. The van der Waals surface area contributed by atoms with Gasteiger partial charge in [0.1, 0.15) is 0 Å². The van der Waals surface area contributed by atoms with E-state index in [0.29, 0.717) is 10.7 Å². The lowest BCUT2D eigenvalue weighted by atomic mass is 10.1. The summed E-state index contributed by atoms with van der Waals surface area (Å²) in [4.78, 5) is 0.968. The van der Waals surface area contributed by atoms with Gasteiger partial charge in [-0.1, -0.05) is 35.3 Å². The molecule has 5 nitrogen and oxygen atoms in total. The Bertz CT molecular complexity index is 1170. The smallest absolute Gasteiger partial charge is 0.232 e. The third kappa shape index (κ3) is 5.12. The maximum Gasteiger partial charge on any atom is 0.238 e. The zero-order valence-corrected chi connectivity index (χ0v) is 18.4. The first-order valence-electron chi connectivity index (χ1n) is 8.34. The van der Waals surface area contributed by atoms with Crippen molar-refractivity contribution in [2.45, 2.75) is 4.90 Å². The molecular weight excluding hydrogens is 449 g/mol. The lowest BCUT2D eigenvalue weighted by Crippen LogP contribution is -2.12. The Labute approximate surface area is 183 Å². The van der Waals surface area contributed by atoms with Gasteiger partial charge in [0, 0.05) is 21.0 Å². The van der Waals surface area contributed by atoms with Crippen molar-refractivity contribution in [2.24, 2.45) is 5.14 Å². The maximum atomic E-state index is 11.5. The number of rotatable bonds is 6. The molecule has 0 bridgehead atoms. The van der Waals surface area contributed by atoms with E-state index in [1.165, 1.54) is 17.7 Å². The molecule has 0 spiro atoms. The fourth-order valence-corrected chi connectivity index (χ4v) is 3.92. The molecule has 0 aliphatic carbocycles. The molecular formula is C20H17Cl2N3O2S2. The minimum atomic E-state index is -3.77. The first-order valence-corrected chi connectivity index (χ1v) is 11.9. The highest BCUT2D eigenvalue weighted by molar-refractivity contribution is 8.07. The van der Waals surface area contributed by atoms with Gasteiger partial charge >= 0.3 is 0 Å². The Morgan fingerprint density at radius 3 is 2.34 bits per heavy atom. The van der Waals surface area contributed by atoms with Crippen molar-refractivity contribution in [3.63, 3.8) is 0 Å². The van der Waals surface area contributed by atoms with Crippen molar-refractivity contribution >= 4 is 49.9 Å². The summed E-state index contributed by atoms with van der Waals surface area (Å²) in [6.07, 6.45) is 5.56. The minimum Gasteiger partial charge on any atom is -0.232 e. The average molecular weight is 466 g/mol. The molecule has 0 unspecified atom stereocenters. The van der Waals surface area contributed by atoms with Gasteiger partial charge in [0.25, 0.3) is 0 Å². The van der Waals surface area contributed by atoms with Crippen LogP contribution in [0.15, 0.2) is 77.2 Å². The largest absolute Gasteiger partial charge is 0.238 e. The van der Waals surface area contributed by atoms with Crippen LogP contribution in [0.3, 0.4) is 0 Å². The lowest BCUT2D eigenvalue weighted by Gasteiger charge is -2.08. The Balaban J connectivity index is 2.17. The van der Waals surface area contributed by atoms with Gasteiger partial charge in [-0.05, 0) is 60.9 Å². The second-order valence-electron chi connectivity index (χ2n) is 5.93. The first kappa shape index (κ1) is 21.7. The van der Waals surface area contributed by atoms with Gasteiger partial charge in [0.15, 0.2) is 0 Å². The average Bonchev–Trinajstić information content (AvgIpc) is 3.14. The molecule has 0 aliphatic heterocycles. The fraction of sp³-hybridized carbons (Fsp3) is 0.0500. The van der Waals surface area contributed by atoms with Crippen molar-refractivity contribution in [3.05, 3.63) is 83.0 Å². The summed E-state index contributed by atoms with van der Waals surface area (Å²) in [6, 6.07) is 15.6. The normalized spacial score (nSPS) is 12.6. The Morgan fingerprint density at radius 2 is 1.79 bits per heavy atom. The summed E-state index contributed by atoms with van der Waals surface area (Å²) in [5.41, 5.74) is 4.63. The molecule has 9 heteroatoms. The molecule has 2 aromatic carbocycles. The van der Waals surface area contributed by atoms with E-state index < -0.39 is 10.0 Å². The van der Waals surface area contributed by atoms with Crippen LogP contribution in [0.5, 0.6) is 0 Å². The van der Waals surface area contributed by atoms with Crippen LogP contribution in [0.2, 0.25) is 5.02 Å². The van der Waals surface area contributed by atoms with Crippen LogP contribution >= 0.6 is 35.0 Å². The molecule has 0 saturated carbocycles. The number of thioether (sulfide) groups is 1. The van der Waals surface area contributed by atoms with Crippen LogP contribution in [0.25, 0.3) is 21.8 Å². The molecule has 1 heterocycles. The van der Waals surface area contributed by atoms with E-state index in [1.807, 2.05) is 30.5 Å². The Hall–Kier alpha value is -2.03. The Morgan fingerprint density at radius 1 is 1.14 bits per heavy atom. The van der Waals surface area contributed by atoms with Crippen LogP contribution in [0, 0.1) is 0 Å². The van der Waals surface area contributed by atoms with E-state index in [2.05, 4.69) is 0 Å². The number of sulfonamides is 1. The summed E-state index contributed by atoms with van der Waals surface area (Å²) in [7, 11) is -3.77. The predicted molar refractivity (Wildman–Crippen MR) is 122 cm³/mol. The summed E-state index contributed by atoms with van der Waals surface area (Å²) in [5, 5.41) is 10.6. The van der Waals surface area contributed by atoms with E-state index in [0.717, 1.165) is 21.9 Å². The first-order chi connectivity index (χ1) is 13.8. The van der Waals surface area contributed by atoms with Crippen LogP contribution < -0.4 is 5.14 Å². The SMILES string of the molecule is CS/C(=C\C=C\Cl)c1cc(-c2ccc(Cl)cc2)n(-c2ccc(S(N)(=O)=O)cc2)n1. The molecule has 0 saturated heterocycles. The van der Waals surface area contributed by atoms with Gasteiger partial charge in [-0.2, -0.15) is 5.10 Å².